The fourth-order valence-corrected chi connectivity index (χ4v) is 5.27. The number of ether oxygens (including phenoxy) is 1. The molecule has 3 aromatic rings. The van der Waals surface area contributed by atoms with Crippen LogP contribution in [0.2, 0.25) is 0 Å². The highest BCUT2D eigenvalue weighted by molar-refractivity contribution is 7.89. The Morgan fingerprint density at radius 3 is 2.39 bits per heavy atom. The van der Waals surface area contributed by atoms with Gasteiger partial charge in [0.25, 0.3) is 0 Å². The van der Waals surface area contributed by atoms with E-state index in [1.54, 1.807) is 24.3 Å². The summed E-state index contributed by atoms with van der Waals surface area (Å²) in [6.45, 7) is 0.869. The van der Waals surface area contributed by atoms with Gasteiger partial charge in [0.15, 0.2) is 0 Å². The van der Waals surface area contributed by atoms with Crippen LogP contribution in [0.4, 0.5) is 10.1 Å². The van der Waals surface area contributed by atoms with Crippen molar-refractivity contribution < 1.29 is 22.3 Å². The lowest BCUT2D eigenvalue weighted by atomic mass is 9.99. The average Bonchev–Trinajstić information content (AvgIpc) is 2.84. The smallest absolute Gasteiger partial charge is 0.243 e. The third kappa shape index (κ3) is 5.77. The Kier molecular flexibility index (Phi) is 7.05. The van der Waals surface area contributed by atoms with E-state index in [1.165, 1.54) is 16.4 Å². The van der Waals surface area contributed by atoms with Crippen molar-refractivity contribution in [1.29, 1.82) is 0 Å². The van der Waals surface area contributed by atoms with Crippen LogP contribution in [0.5, 0.6) is 5.75 Å². The maximum atomic E-state index is 13.2. The van der Waals surface area contributed by atoms with Gasteiger partial charge in [0.1, 0.15) is 18.2 Å². The Hall–Kier alpha value is -3.23. The van der Waals surface area contributed by atoms with Crippen LogP contribution in [0.15, 0.2) is 83.8 Å². The number of amides is 1. The molecular weight excluding hydrogens is 443 g/mol. The van der Waals surface area contributed by atoms with E-state index in [4.69, 9.17) is 4.74 Å². The Morgan fingerprint density at radius 1 is 1.00 bits per heavy atom. The molecule has 0 saturated carbocycles. The summed E-state index contributed by atoms with van der Waals surface area (Å²) in [5.74, 6) is -0.512. The molecule has 0 radical (unpaired) electrons. The summed E-state index contributed by atoms with van der Waals surface area (Å²) in [4.78, 5) is 12.8. The topological polar surface area (TPSA) is 75.7 Å². The van der Waals surface area contributed by atoms with E-state index in [0.29, 0.717) is 37.4 Å². The Bertz CT molecular complexity index is 1180. The lowest BCUT2D eigenvalue weighted by Crippen LogP contribution is -2.43. The molecule has 8 heteroatoms. The second-order valence-electron chi connectivity index (χ2n) is 7.94. The van der Waals surface area contributed by atoms with Crippen molar-refractivity contribution >= 4 is 21.6 Å². The van der Waals surface area contributed by atoms with Gasteiger partial charge in [-0.2, -0.15) is 4.31 Å². The van der Waals surface area contributed by atoms with Crippen LogP contribution < -0.4 is 10.1 Å². The highest BCUT2D eigenvalue weighted by Gasteiger charge is 2.33. The van der Waals surface area contributed by atoms with Gasteiger partial charge >= 0.3 is 0 Å². The fourth-order valence-electron chi connectivity index (χ4n) is 3.75. The maximum Gasteiger partial charge on any atom is 0.243 e. The minimum absolute atomic E-state index is 0.0241. The van der Waals surface area contributed by atoms with Crippen LogP contribution in [0.25, 0.3) is 0 Å². The number of nitrogens with zero attached hydrogens (tertiary/aromatic N) is 1. The van der Waals surface area contributed by atoms with Crippen molar-refractivity contribution in [3.63, 3.8) is 0 Å². The van der Waals surface area contributed by atoms with Gasteiger partial charge in [0.2, 0.25) is 15.9 Å². The summed E-state index contributed by atoms with van der Waals surface area (Å²) in [6, 6.07) is 21.6. The number of carbonyl (C=O) groups excluding carboxylic acids is 1. The minimum atomic E-state index is -3.78. The molecule has 1 heterocycles. The van der Waals surface area contributed by atoms with Gasteiger partial charge in [-0.1, -0.05) is 30.3 Å². The van der Waals surface area contributed by atoms with E-state index in [9.17, 15) is 17.6 Å². The van der Waals surface area contributed by atoms with E-state index in [0.717, 1.165) is 17.7 Å². The van der Waals surface area contributed by atoms with Gasteiger partial charge < -0.3 is 10.1 Å². The Labute approximate surface area is 193 Å². The molecule has 1 amide bonds. The predicted molar refractivity (Wildman–Crippen MR) is 124 cm³/mol. The van der Waals surface area contributed by atoms with Crippen molar-refractivity contribution in [2.75, 3.05) is 18.4 Å². The minimum Gasteiger partial charge on any atom is -0.489 e. The predicted octanol–water partition coefficient (Wildman–Crippen LogP) is 4.44. The number of sulfonamides is 1. The first kappa shape index (κ1) is 22.9. The maximum absolute atomic E-state index is 13.2. The van der Waals surface area contributed by atoms with E-state index in [2.05, 4.69) is 5.32 Å². The van der Waals surface area contributed by atoms with Crippen LogP contribution in [0, 0.1) is 11.7 Å². The lowest BCUT2D eigenvalue weighted by molar-refractivity contribution is -0.120. The van der Waals surface area contributed by atoms with Crippen molar-refractivity contribution in [1.82, 2.24) is 4.31 Å². The van der Waals surface area contributed by atoms with Crippen LogP contribution >= 0.6 is 0 Å². The molecule has 3 aromatic carbocycles. The van der Waals surface area contributed by atoms with Crippen molar-refractivity contribution in [2.24, 2.45) is 5.92 Å². The Balaban J connectivity index is 1.34. The summed E-state index contributed by atoms with van der Waals surface area (Å²) in [6.07, 6.45) is 1.17. The molecule has 0 bridgehead atoms. The molecule has 0 spiro atoms. The molecule has 1 aliphatic rings. The SMILES string of the molecule is O=C(Nc1ccc(OCc2ccccc2)cc1)C1CCCN(S(=O)(=O)c2ccc(F)cc2)C1. The first-order valence-electron chi connectivity index (χ1n) is 10.8. The number of nitrogens with one attached hydrogen (secondary N) is 1. The molecule has 1 aliphatic heterocycles. The van der Waals surface area contributed by atoms with Crippen molar-refractivity contribution in [3.05, 3.63) is 90.2 Å². The van der Waals surface area contributed by atoms with Crippen LogP contribution in [0.3, 0.4) is 0 Å². The molecule has 172 valence electrons. The van der Waals surface area contributed by atoms with Gasteiger partial charge in [-0.3, -0.25) is 4.79 Å². The third-order valence-electron chi connectivity index (χ3n) is 5.58. The number of hydrogen-bond acceptors (Lipinski definition) is 4. The molecule has 1 atom stereocenters. The molecule has 1 N–H and O–H groups in total. The molecular formula is C25H25FN2O4S. The van der Waals surface area contributed by atoms with Gasteiger partial charge in [0, 0.05) is 18.8 Å². The molecule has 33 heavy (non-hydrogen) atoms. The Morgan fingerprint density at radius 2 is 1.70 bits per heavy atom. The molecule has 0 aliphatic carbocycles. The van der Waals surface area contributed by atoms with Crippen LogP contribution in [0.1, 0.15) is 18.4 Å². The molecule has 6 nitrogen and oxygen atoms in total. The summed E-state index contributed by atoms with van der Waals surface area (Å²) in [5.41, 5.74) is 1.68. The quantitative estimate of drug-likeness (QED) is 0.556. The van der Waals surface area contributed by atoms with Crippen molar-refractivity contribution in [3.8, 4) is 5.75 Å². The highest BCUT2D eigenvalue weighted by atomic mass is 32.2. The first-order valence-corrected chi connectivity index (χ1v) is 12.2. The van der Waals surface area contributed by atoms with Crippen molar-refractivity contribution in [2.45, 2.75) is 24.3 Å². The summed E-state index contributed by atoms with van der Waals surface area (Å²) in [7, 11) is -3.78. The lowest BCUT2D eigenvalue weighted by Gasteiger charge is -2.31. The zero-order valence-corrected chi connectivity index (χ0v) is 18.8. The largest absolute Gasteiger partial charge is 0.489 e. The van der Waals surface area contributed by atoms with Gasteiger partial charge in [0.05, 0.1) is 10.8 Å². The molecule has 1 fully saturated rings. The molecule has 0 aromatic heterocycles. The fraction of sp³-hybridized carbons (Fsp3) is 0.240. The second-order valence-corrected chi connectivity index (χ2v) is 9.88. The number of carbonyl (C=O) groups is 1. The normalized spacial score (nSPS) is 16.8. The number of hydrogen-bond donors (Lipinski definition) is 1. The standard InChI is InChI=1S/C25H25FN2O4S/c26-21-8-14-24(15-9-21)33(30,31)28-16-4-7-20(17-28)25(29)27-22-10-12-23(13-11-22)32-18-19-5-2-1-3-6-19/h1-3,5-6,8-15,20H,4,7,16-18H2,(H,27,29). The highest BCUT2D eigenvalue weighted by Crippen LogP contribution is 2.25. The van der Waals surface area contributed by atoms with Gasteiger partial charge in [-0.05, 0) is 66.9 Å². The van der Waals surface area contributed by atoms with E-state index in [-0.39, 0.29) is 17.3 Å². The monoisotopic (exact) mass is 468 g/mol. The van der Waals surface area contributed by atoms with E-state index >= 15 is 0 Å². The summed E-state index contributed by atoms with van der Waals surface area (Å²) in [5, 5.41) is 2.87. The number of halogens is 1. The number of anilines is 1. The van der Waals surface area contributed by atoms with Gasteiger partial charge in [-0.25, -0.2) is 12.8 Å². The van der Waals surface area contributed by atoms with E-state index in [1.807, 2.05) is 30.3 Å². The molecule has 4 rings (SSSR count). The number of rotatable bonds is 7. The zero-order valence-electron chi connectivity index (χ0n) is 18.0. The number of piperidine rings is 1. The van der Waals surface area contributed by atoms with Crippen LogP contribution in [-0.4, -0.2) is 31.7 Å². The summed E-state index contributed by atoms with van der Waals surface area (Å²) >= 11 is 0. The average molecular weight is 469 g/mol. The molecule has 1 saturated heterocycles. The van der Waals surface area contributed by atoms with E-state index < -0.39 is 21.8 Å². The zero-order chi connectivity index (χ0) is 23.3. The van der Waals surface area contributed by atoms with Crippen LogP contribution in [-0.2, 0) is 21.4 Å². The summed E-state index contributed by atoms with van der Waals surface area (Å²) < 4.78 is 46.0. The van der Waals surface area contributed by atoms with Gasteiger partial charge in [-0.15, -0.1) is 0 Å². The second kappa shape index (κ2) is 10.1. The molecule has 1 unspecified atom stereocenters. The first-order chi connectivity index (χ1) is 15.9. The number of benzene rings is 3. The third-order valence-corrected chi connectivity index (χ3v) is 7.46.